The Balaban J connectivity index is 2.26. The van der Waals surface area contributed by atoms with Gasteiger partial charge in [-0.3, -0.25) is 0 Å². The van der Waals surface area contributed by atoms with Gasteiger partial charge in [-0.15, -0.1) is 0 Å². The summed E-state index contributed by atoms with van der Waals surface area (Å²) in [7, 11) is 0. The average molecular weight is 210 g/mol. The number of carbonyl (C=O) groups excluding carboxylic acids is 1. The highest BCUT2D eigenvalue weighted by molar-refractivity contribution is 5.92. The van der Waals surface area contributed by atoms with Crippen molar-refractivity contribution in [1.29, 1.82) is 0 Å². The van der Waals surface area contributed by atoms with Crippen LogP contribution in [0.5, 0.6) is 0 Å². The Morgan fingerprint density at radius 3 is 2.80 bits per heavy atom. The standard InChI is InChI=1S/C12H18O3/c1-3-10-5-6-11(9-10)12(13)15-8-7-14-4-2/h6,9H,3-5,7-8H2,1-2H3. The SMILES string of the molecule is CCOCCOC(=O)C1=CCC(CC)=C1. The minimum absolute atomic E-state index is 0.238. The molecule has 1 aliphatic rings. The second kappa shape index (κ2) is 6.40. The molecule has 0 heterocycles. The Morgan fingerprint density at radius 2 is 2.20 bits per heavy atom. The molecule has 15 heavy (non-hydrogen) atoms. The van der Waals surface area contributed by atoms with Gasteiger partial charge in [-0.25, -0.2) is 4.79 Å². The van der Waals surface area contributed by atoms with E-state index in [1.165, 1.54) is 5.57 Å². The molecule has 0 aromatic carbocycles. The molecule has 0 unspecified atom stereocenters. The predicted octanol–water partition coefficient (Wildman–Crippen LogP) is 2.23. The molecule has 84 valence electrons. The lowest BCUT2D eigenvalue weighted by Gasteiger charge is -2.03. The van der Waals surface area contributed by atoms with Crippen LogP contribution in [0.4, 0.5) is 0 Å². The maximum absolute atomic E-state index is 11.5. The van der Waals surface area contributed by atoms with Crippen molar-refractivity contribution in [1.82, 2.24) is 0 Å². The zero-order valence-corrected chi connectivity index (χ0v) is 9.41. The molecule has 3 nitrogen and oxygen atoms in total. The summed E-state index contributed by atoms with van der Waals surface area (Å²) >= 11 is 0. The first-order chi connectivity index (χ1) is 7.27. The van der Waals surface area contributed by atoms with Crippen LogP contribution in [-0.4, -0.2) is 25.8 Å². The molecule has 1 aliphatic carbocycles. The summed E-state index contributed by atoms with van der Waals surface area (Å²) in [5.74, 6) is -0.238. The second-order valence-corrected chi connectivity index (χ2v) is 3.35. The quantitative estimate of drug-likeness (QED) is 0.498. The van der Waals surface area contributed by atoms with Crippen molar-refractivity contribution in [3.05, 3.63) is 23.3 Å². The smallest absolute Gasteiger partial charge is 0.337 e. The van der Waals surface area contributed by atoms with Crippen molar-refractivity contribution < 1.29 is 14.3 Å². The molecule has 3 heteroatoms. The molecule has 0 saturated carbocycles. The number of esters is 1. The van der Waals surface area contributed by atoms with Gasteiger partial charge >= 0.3 is 5.97 Å². The van der Waals surface area contributed by atoms with Gasteiger partial charge in [-0.05, 0) is 25.8 Å². The first-order valence-corrected chi connectivity index (χ1v) is 5.42. The lowest BCUT2D eigenvalue weighted by atomic mass is 10.2. The molecule has 0 fully saturated rings. The number of rotatable bonds is 6. The molecule has 0 amide bonds. The Kier molecular flexibility index (Phi) is 5.12. The third kappa shape index (κ3) is 3.88. The molecule has 0 bridgehead atoms. The fourth-order valence-electron chi connectivity index (χ4n) is 1.39. The van der Waals surface area contributed by atoms with Crippen LogP contribution in [-0.2, 0) is 14.3 Å². The van der Waals surface area contributed by atoms with Gasteiger partial charge in [0, 0.05) is 6.61 Å². The van der Waals surface area contributed by atoms with E-state index in [1.54, 1.807) is 0 Å². The van der Waals surface area contributed by atoms with Gasteiger partial charge in [0.25, 0.3) is 0 Å². The summed E-state index contributed by atoms with van der Waals surface area (Å²) in [6.07, 6.45) is 5.71. The first kappa shape index (κ1) is 12.0. The summed E-state index contributed by atoms with van der Waals surface area (Å²) in [5.41, 5.74) is 1.97. The van der Waals surface area contributed by atoms with E-state index >= 15 is 0 Å². The molecule has 0 aromatic heterocycles. The molecule has 0 spiro atoms. The van der Waals surface area contributed by atoms with E-state index in [1.807, 2.05) is 19.1 Å². The monoisotopic (exact) mass is 210 g/mol. The van der Waals surface area contributed by atoms with Crippen molar-refractivity contribution >= 4 is 5.97 Å². The normalized spacial score (nSPS) is 14.8. The van der Waals surface area contributed by atoms with Gasteiger partial charge in [0.05, 0.1) is 12.2 Å². The van der Waals surface area contributed by atoms with E-state index in [4.69, 9.17) is 9.47 Å². The van der Waals surface area contributed by atoms with E-state index in [0.29, 0.717) is 25.4 Å². The number of ether oxygens (including phenoxy) is 2. The van der Waals surface area contributed by atoms with Gasteiger partial charge in [-0.1, -0.05) is 18.6 Å². The van der Waals surface area contributed by atoms with Crippen molar-refractivity contribution in [2.45, 2.75) is 26.7 Å². The van der Waals surface area contributed by atoms with Crippen molar-refractivity contribution in [2.75, 3.05) is 19.8 Å². The Bertz CT molecular complexity index is 277. The number of hydrogen-bond donors (Lipinski definition) is 0. The Hall–Kier alpha value is -1.09. The maximum atomic E-state index is 11.5. The second-order valence-electron chi connectivity index (χ2n) is 3.35. The first-order valence-electron chi connectivity index (χ1n) is 5.42. The van der Waals surface area contributed by atoms with Gasteiger partial charge in [0.1, 0.15) is 6.61 Å². The zero-order valence-electron chi connectivity index (χ0n) is 9.41. The third-order valence-corrected chi connectivity index (χ3v) is 2.30. The largest absolute Gasteiger partial charge is 0.460 e. The summed E-state index contributed by atoms with van der Waals surface area (Å²) < 4.78 is 10.1. The maximum Gasteiger partial charge on any atom is 0.337 e. The molecular weight excluding hydrogens is 192 g/mol. The third-order valence-electron chi connectivity index (χ3n) is 2.30. The van der Waals surface area contributed by atoms with Gasteiger partial charge < -0.3 is 9.47 Å². The molecule has 0 N–H and O–H groups in total. The van der Waals surface area contributed by atoms with Crippen LogP contribution < -0.4 is 0 Å². The number of allylic oxidation sites excluding steroid dienone is 2. The molecule has 0 aliphatic heterocycles. The topological polar surface area (TPSA) is 35.5 Å². The summed E-state index contributed by atoms with van der Waals surface area (Å²) in [6, 6.07) is 0. The van der Waals surface area contributed by atoms with Crippen LogP contribution in [0.1, 0.15) is 26.7 Å². The van der Waals surface area contributed by atoms with Crippen LogP contribution in [0.2, 0.25) is 0 Å². The summed E-state index contributed by atoms with van der Waals surface area (Å²) in [5, 5.41) is 0. The van der Waals surface area contributed by atoms with Gasteiger partial charge in [-0.2, -0.15) is 0 Å². The highest BCUT2D eigenvalue weighted by Crippen LogP contribution is 2.20. The Morgan fingerprint density at radius 1 is 1.40 bits per heavy atom. The van der Waals surface area contributed by atoms with E-state index in [2.05, 4.69) is 6.92 Å². The molecular formula is C12H18O3. The van der Waals surface area contributed by atoms with Gasteiger partial charge in [0.15, 0.2) is 0 Å². The van der Waals surface area contributed by atoms with E-state index < -0.39 is 0 Å². The fourth-order valence-corrected chi connectivity index (χ4v) is 1.39. The Labute approximate surface area is 90.8 Å². The van der Waals surface area contributed by atoms with Crippen LogP contribution in [0.3, 0.4) is 0 Å². The minimum Gasteiger partial charge on any atom is -0.460 e. The highest BCUT2D eigenvalue weighted by atomic mass is 16.6. The van der Waals surface area contributed by atoms with Gasteiger partial charge in [0.2, 0.25) is 0 Å². The number of hydrogen-bond acceptors (Lipinski definition) is 3. The van der Waals surface area contributed by atoms with Crippen LogP contribution in [0.15, 0.2) is 23.3 Å². The summed E-state index contributed by atoms with van der Waals surface area (Å²) in [6.45, 7) is 5.46. The number of carbonyl (C=O) groups is 1. The zero-order chi connectivity index (χ0) is 11.1. The van der Waals surface area contributed by atoms with E-state index in [9.17, 15) is 4.79 Å². The lowest BCUT2D eigenvalue weighted by molar-refractivity contribution is -0.140. The lowest BCUT2D eigenvalue weighted by Crippen LogP contribution is -2.11. The van der Waals surface area contributed by atoms with E-state index in [-0.39, 0.29) is 5.97 Å². The molecule has 1 rings (SSSR count). The highest BCUT2D eigenvalue weighted by Gasteiger charge is 2.13. The average Bonchev–Trinajstić information content (AvgIpc) is 2.72. The summed E-state index contributed by atoms with van der Waals surface area (Å²) in [4.78, 5) is 11.5. The fraction of sp³-hybridized carbons (Fsp3) is 0.583. The van der Waals surface area contributed by atoms with E-state index in [0.717, 1.165) is 12.8 Å². The molecule has 0 radical (unpaired) electrons. The van der Waals surface area contributed by atoms with Crippen molar-refractivity contribution in [3.8, 4) is 0 Å². The van der Waals surface area contributed by atoms with Crippen molar-refractivity contribution in [3.63, 3.8) is 0 Å². The predicted molar refractivity (Wildman–Crippen MR) is 58.5 cm³/mol. The van der Waals surface area contributed by atoms with Crippen LogP contribution in [0, 0.1) is 0 Å². The van der Waals surface area contributed by atoms with Crippen LogP contribution >= 0.6 is 0 Å². The molecule has 0 saturated heterocycles. The minimum atomic E-state index is -0.238. The van der Waals surface area contributed by atoms with Crippen LogP contribution in [0.25, 0.3) is 0 Å². The molecule has 0 aromatic rings. The van der Waals surface area contributed by atoms with Crippen molar-refractivity contribution in [2.24, 2.45) is 0 Å². The molecule has 0 atom stereocenters.